The van der Waals surface area contributed by atoms with Crippen LogP contribution in [0.15, 0.2) is 35.0 Å². The van der Waals surface area contributed by atoms with Crippen molar-refractivity contribution < 1.29 is 22.8 Å². The maximum atomic E-state index is 12.5. The van der Waals surface area contributed by atoms with Gasteiger partial charge in [0.2, 0.25) is 0 Å². The van der Waals surface area contributed by atoms with Gasteiger partial charge in [-0.3, -0.25) is 0 Å². The summed E-state index contributed by atoms with van der Waals surface area (Å²) in [6.07, 6.45) is -3.13. The average Bonchev–Trinajstić information content (AvgIpc) is 2.76. The van der Waals surface area contributed by atoms with Gasteiger partial charge in [-0.25, -0.2) is 0 Å². The molecular weight excluding hydrogens is 235 g/mol. The van der Waals surface area contributed by atoms with Gasteiger partial charge in [-0.15, -0.1) is 0 Å². The molecule has 17 heavy (non-hydrogen) atoms. The molecule has 1 aromatic heterocycles. The van der Waals surface area contributed by atoms with Crippen LogP contribution in [-0.4, -0.2) is 10.3 Å². The van der Waals surface area contributed by atoms with Gasteiger partial charge in [-0.1, -0.05) is 17.3 Å². The fraction of sp³-hybridized carbons (Fsp3) is 0.182. The minimum Gasteiger partial charge on any atom is -0.391 e. The summed E-state index contributed by atoms with van der Waals surface area (Å²) in [5.41, 5.74) is -0.180. The SMILES string of the molecule is OCc1cnoc1-c1cccc(C(F)(F)F)c1. The van der Waals surface area contributed by atoms with Crippen LogP contribution >= 0.6 is 0 Å². The number of alkyl halides is 3. The molecule has 0 aliphatic heterocycles. The minimum absolute atomic E-state index is 0.151. The summed E-state index contributed by atoms with van der Waals surface area (Å²) >= 11 is 0. The Kier molecular flexibility index (Phi) is 2.89. The Hall–Kier alpha value is -1.82. The fourth-order valence-corrected chi connectivity index (χ4v) is 1.45. The summed E-state index contributed by atoms with van der Waals surface area (Å²) in [4.78, 5) is 0. The van der Waals surface area contributed by atoms with Crippen LogP contribution in [-0.2, 0) is 12.8 Å². The average molecular weight is 243 g/mol. The van der Waals surface area contributed by atoms with Gasteiger partial charge >= 0.3 is 6.18 Å². The Balaban J connectivity index is 2.47. The first-order valence-electron chi connectivity index (χ1n) is 4.74. The fourth-order valence-electron chi connectivity index (χ4n) is 1.45. The van der Waals surface area contributed by atoms with Crippen molar-refractivity contribution >= 4 is 0 Å². The van der Waals surface area contributed by atoms with E-state index in [1.54, 1.807) is 0 Å². The molecule has 0 radical (unpaired) electrons. The Morgan fingerprint density at radius 1 is 1.29 bits per heavy atom. The molecule has 2 aromatic rings. The lowest BCUT2D eigenvalue weighted by Gasteiger charge is -2.07. The maximum absolute atomic E-state index is 12.5. The highest BCUT2D eigenvalue weighted by molar-refractivity contribution is 5.61. The molecule has 1 aromatic carbocycles. The van der Waals surface area contributed by atoms with Crippen molar-refractivity contribution in [2.24, 2.45) is 0 Å². The summed E-state index contributed by atoms with van der Waals surface area (Å²) in [6, 6.07) is 4.68. The summed E-state index contributed by atoms with van der Waals surface area (Å²) < 4.78 is 42.3. The maximum Gasteiger partial charge on any atom is 0.416 e. The van der Waals surface area contributed by atoms with Gasteiger partial charge in [0.15, 0.2) is 5.76 Å². The number of hydrogen-bond donors (Lipinski definition) is 1. The molecule has 0 spiro atoms. The molecule has 0 aliphatic rings. The van der Waals surface area contributed by atoms with E-state index in [0.717, 1.165) is 12.1 Å². The van der Waals surface area contributed by atoms with Gasteiger partial charge in [0.05, 0.1) is 18.4 Å². The second-order valence-corrected chi connectivity index (χ2v) is 3.42. The molecule has 2 rings (SSSR count). The number of hydrogen-bond acceptors (Lipinski definition) is 3. The molecule has 1 heterocycles. The smallest absolute Gasteiger partial charge is 0.391 e. The monoisotopic (exact) mass is 243 g/mol. The highest BCUT2D eigenvalue weighted by Crippen LogP contribution is 2.32. The zero-order valence-electron chi connectivity index (χ0n) is 8.53. The van der Waals surface area contributed by atoms with Crippen LogP contribution in [0.5, 0.6) is 0 Å². The summed E-state index contributed by atoms with van der Waals surface area (Å²) in [6.45, 7) is -0.338. The molecule has 0 saturated heterocycles. The van der Waals surface area contributed by atoms with Crippen LogP contribution in [0.25, 0.3) is 11.3 Å². The van der Waals surface area contributed by atoms with E-state index in [1.807, 2.05) is 0 Å². The first-order valence-corrected chi connectivity index (χ1v) is 4.74. The molecule has 90 valence electrons. The number of rotatable bonds is 2. The molecular formula is C11H8F3NO2. The van der Waals surface area contributed by atoms with Gasteiger partial charge in [-0.05, 0) is 12.1 Å². The van der Waals surface area contributed by atoms with E-state index in [2.05, 4.69) is 5.16 Å². The number of nitrogens with zero attached hydrogens (tertiary/aromatic N) is 1. The van der Waals surface area contributed by atoms with Gasteiger partial charge in [-0.2, -0.15) is 13.2 Å². The predicted molar refractivity (Wildman–Crippen MR) is 52.9 cm³/mol. The van der Waals surface area contributed by atoms with Gasteiger partial charge in [0.1, 0.15) is 0 Å². The van der Waals surface area contributed by atoms with E-state index < -0.39 is 11.7 Å². The van der Waals surface area contributed by atoms with Crippen molar-refractivity contribution in [1.29, 1.82) is 0 Å². The van der Waals surface area contributed by atoms with Gasteiger partial charge < -0.3 is 9.63 Å². The third-order valence-electron chi connectivity index (χ3n) is 2.27. The largest absolute Gasteiger partial charge is 0.416 e. The molecule has 3 nitrogen and oxygen atoms in total. The van der Waals surface area contributed by atoms with Crippen LogP contribution in [0.1, 0.15) is 11.1 Å². The Morgan fingerprint density at radius 2 is 2.06 bits per heavy atom. The quantitative estimate of drug-likeness (QED) is 0.882. The first kappa shape index (κ1) is 11.7. The first-order chi connectivity index (χ1) is 8.02. The molecule has 0 aliphatic carbocycles. The van der Waals surface area contributed by atoms with Crippen molar-refractivity contribution in [3.63, 3.8) is 0 Å². The van der Waals surface area contributed by atoms with Gasteiger partial charge in [0.25, 0.3) is 0 Å². The third kappa shape index (κ3) is 2.31. The lowest BCUT2D eigenvalue weighted by atomic mass is 10.1. The highest BCUT2D eigenvalue weighted by Gasteiger charge is 2.30. The van der Waals surface area contributed by atoms with E-state index in [4.69, 9.17) is 9.63 Å². The predicted octanol–water partition coefficient (Wildman–Crippen LogP) is 2.85. The Labute approximate surface area is 94.5 Å². The molecule has 0 bridgehead atoms. The van der Waals surface area contributed by atoms with Gasteiger partial charge in [0, 0.05) is 11.1 Å². The van der Waals surface area contributed by atoms with Crippen molar-refractivity contribution in [3.8, 4) is 11.3 Å². The second kappa shape index (κ2) is 4.21. The zero-order valence-corrected chi connectivity index (χ0v) is 8.53. The normalized spacial score (nSPS) is 11.8. The lowest BCUT2D eigenvalue weighted by molar-refractivity contribution is -0.137. The van der Waals surface area contributed by atoms with Crippen molar-refractivity contribution in [1.82, 2.24) is 5.16 Å². The summed E-state index contributed by atoms with van der Waals surface area (Å²) in [5, 5.41) is 12.4. The zero-order chi connectivity index (χ0) is 12.5. The standard InChI is InChI=1S/C11H8F3NO2/c12-11(13,14)9-3-1-2-7(4-9)10-8(6-16)5-15-17-10/h1-5,16H,6H2. The number of aromatic nitrogens is 1. The summed E-state index contributed by atoms with van der Waals surface area (Å²) in [5.74, 6) is 0.151. The van der Waals surface area contributed by atoms with E-state index in [1.165, 1.54) is 18.3 Å². The third-order valence-corrected chi connectivity index (χ3v) is 2.27. The molecule has 0 saturated carbocycles. The van der Waals surface area contributed by atoms with E-state index >= 15 is 0 Å². The van der Waals surface area contributed by atoms with Crippen molar-refractivity contribution in [3.05, 3.63) is 41.6 Å². The van der Waals surface area contributed by atoms with Crippen LogP contribution < -0.4 is 0 Å². The lowest BCUT2D eigenvalue weighted by Crippen LogP contribution is -2.04. The molecule has 1 N–H and O–H groups in total. The number of aliphatic hydroxyl groups is 1. The second-order valence-electron chi connectivity index (χ2n) is 3.42. The Bertz CT molecular complexity index is 519. The molecule has 0 fully saturated rings. The minimum atomic E-state index is -4.41. The van der Waals surface area contributed by atoms with E-state index in [-0.39, 0.29) is 17.9 Å². The molecule has 6 heteroatoms. The molecule has 0 atom stereocenters. The van der Waals surface area contributed by atoms with Crippen LogP contribution in [0.4, 0.5) is 13.2 Å². The number of benzene rings is 1. The topological polar surface area (TPSA) is 46.3 Å². The Morgan fingerprint density at radius 3 is 2.71 bits per heavy atom. The van der Waals surface area contributed by atoms with E-state index in [9.17, 15) is 13.2 Å². The van der Waals surface area contributed by atoms with E-state index in [0.29, 0.717) is 5.56 Å². The molecule has 0 unspecified atom stereocenters. The van der Waals surface area contributed by atoms with Crippen molar-refractivity contribution in [2.45, 2.75) is 12.8 Å². The highest BCUT2D eigenvalue weighted by atomic mass is 19.4. The van der Waals surface area contributed by atoms with Crippen molar-refractivity contribution in [2.75, 3.05) is 0 Å². The molecule has 0 amide bonds. The van der Waals surface area contributed by atoms with Crippen LogP contribution in [0.2, 0.25) is 0 Å². The number of aliphatic hydroxyl groups excluding tert-OH is 1. The van der Waals surface area contributed by atoms with Crippen LogP contribution in [0, 0.1) is 0 Å². The van der Waals surface area contributed by atoms with Crippen LogP contribution in [0.3, 0.4) is 0 Å². The summed E-state index contributed by atoms with van der Waals surface area (Å²) in [7, 11) is 0. The number of halogens is 3.